The van der Waals surface area contributed by atoms with Crippen molar-refractivity contribution in [3.8, 4) is 28.3 Å². The lowest BCUT2D eigenvalue weighted by atomic mass is 9.92. The van der Waals surface area contributed by atoms with E-state index in [2.05, 4.69) is 19.1 Å². The molecule has 0 aliphatic rings. The first-order chi connectivity index (χ1) is 15.5. The summed E-state index contributed by atoms with van der Waals surface area (Å²) >= 11 is 0. The van der Waals surface area contributed by atoms with Crippen LogP contribution in [0.4, 0.5) is 13.2 Å². The number of hydrogen-bond acceptors (Lipinski definition) is 1. The Morgan fingerprint density at radius 2 is 1.31 bits per heavy atom. The third-order valence-corrected chi connectivity index (χ3v) is 5.63. The van der Waals surface area contributed by atoms with Crippen LogP contribution in [0.3, 0.4) is 0 Å². The summed E-state index contributed by atoms with van der Waals surface area (Å²) in [5.74, 6) is -2.22. The summed E-state index contributed by atoms with van der Waals surface area (Å²) in [5, 5.41) is 8.80. The molecule has 0 N–H and O–H groups in total. The Kier molecular flexibility index (Phi) is 6.09. The van der Waals surface area contributed by atoms with Crippen molar-refractivity contribution in [2.45, 2.75) is 19.3 Å². The van der Waals surface area contributed by atoms with Gasteiger partial charge in [-0.05, 0) is 58.4 Å². The largest absolute Gasteiger partial charge is 0.206 e. The van der Waals surface area contributed by atoms with Crippen molar-refractivity contribution in [3.05, 3.63) is 119 Å². The van der Waals surface area contributed by atoms with Crippen LogP contribution in [0.25, 0.3) is 22.3 Å². The summed E-state index contributed by atoms with van der Waals surface area (Å²) in [6, 6.07) is 26.3. The zero-order valence-electron chi connectivity index (χ0n) is 17.4. The molecule has 0 aliphatic heterocycles. The van der Waals surface area contributed by atoms with Gasteiger partial charge in [0, 0.05) is 5.56 Å². The molecular weight excluding hydrogens is 407 g/mol. The minimum absolute atomic E-state index is 0.0493. The molecule has 158 valence electrons. The molecule has 0 fully saturated rings. The van der Waals surface area contributed by atoms with Gasteiger partial charge in [0.05, 0.1) is 0 Å². The smallest absolute Gasteiger partial charge is 0.144 e. The maximum atomic E-state index is 14.8. The van der Waals surface area contributed by atoms with E-state index in [1.165, 1.54) is 29.3 Å². The highest BCUT2D eigenvalue weighted by molar-refractivity contribution is 5.71. The fraction of sp³-hybridized carbons (Fsp3) is 0.107. The van der Waals surface area contributed by atoms with Crippen molar-refractivity contribution in [2.75, 3.05) is 0 Å². The molecule has 1 nitrogen and oxygen atoms in total. The Morgan fingerprint density at radius 3 is 1.91 bits per heavy atom. The van der Waals surface area contributed by atoms with Gasteiger partial charge in [0.2, 0.25) is 0 Å². The molecule has 0 unspecified atom stereocenters. The highest BCUT2D eigenvalue weighted by Gasteiger charge is 2.15. The van der Waals surface area contributed by atoms with Crippen LogP contribution in [0, 0.1) is 28.8 Å². The Morgan fingerprint density at radius 1 is 0.719 bits per heavy atom. The summed E-state index contributed by atoms with van der Waals surface area (Å²) in [5.41, 5.74) is 3.44. The molecule has 4 aromatic rings. The lowest BCUT2D eigenvalue weighted by Gasteiger charge is -2.13. The quantitative estimate of drug-likeness (QED) is 0.321. The highest BCUT2D eigenvalue weighted by Crippen LogP contribution is 2.30. The van der Waals surface area contributed by atoms with Crippen molar-refractivity contribution < 1.29 is 13.2 Å². The van der Waals surface area contributed by atoms with Crippen LogP contribution in [-0.2, 0) is 6.42 Å². The summed E-state index contributed by atoms with van der Waals surface area (Å²) in [6.07, 6.45) is 0.896. The lowest BCUT2D eigenvalue weighted by Crippen LogP contribution is -1.98. The number of rotatable bonds is 5. The molecule has 32 heavy (non-hydrogen) atoms. The average molecular weight is 427 g/mol. The van der Waals surface area contributed by atoms with E-state index >= 15 is 0 Å². The van der Waals surface area contributed by atoms with Gasteiger partial charge >= 0.3 is 0 Å². The first kappa shape index (κ1) is 21.4. The molecule has 4 heteroatoms. The fourth-order valence-electron chi connectivity index (χ4n) is 3.85. The van der Waals surface area contributed by atoms with Crippen LogP contribution < -0.4 is 0 Å². The Hall–Kier alpha value is -3.84. The second-order valence-corrected chi connectivity index (χ2v) is 7.83. The minimum atomic E-state index is -1.01. The second kappa shape index (κ2) is 9.11. The molecule has 0 heterocycles. The number of hydrogen-bond donors (Lipinski definition) is 0. The molecular formula is C28H20F3N. The molecule has 1 atom stereocenters. The van der Waals surface area contributed by atoms with E-state index in [1.54, 1.807) is 6.07 Å². The number of nitriles is 1. The van der Waals surface area contributed by atoms with E-state index in [0.29, 0.717) is 11.5 Å². The zero-order valence-corrected chi connectivity index (χ0v) is 17.4. The van der Waals surface area contributed by atoms with Crippen LogP contribution in [-0.4, -0.2) is 0 Å². The Bertz CT molecular complexity index is 1270. The summed E-state index contributed by atoms with van der Waals surface area (Å²) in [4.78, 5) is 0. The van der Waals surface area contributed by atoms with Crippen LogP contribution in [0.15, 0.2) is 84.9 Å². The number of benzene rings is 4. The van der Waals surface area contributed by atoms with Crippen LogP contribution in [0.1, 0.15) is 29.5 Å². The van der Waals surface area contributed by atoms with Crippen LogP contribution in [0.2, 0.25) is 0 Å². The van der Waals surface area contributed by atoms with Crippen molar-refractivity contribution >= 4 is 0 Å². The van der Waals surface area contributed by atoms with E-state index in [4.69, 9.17) is 5.26 Å². The molecule has 0 spiro atoms. The van der Waals surface area contributed by atoms with Gasteiger partial charge in [0.15, 0.2) is 0 Å². The van der Waals surface area contributed by atoms with Gasteiger partial charge in [0.25, 0.3) is 0 Å². The van der Waals surface area contributed by atoms with Gasteiger partial charge in [-0.3, -0.25) is 0 Å². The second-order valence-electron chi connectivity index (χ2n) is 7.83. The maximum absolute atomic E-state index is 14.8. The van der Waals surface area contributed by atoms with E-state index in [9.17, 15) is 13.2 Å². The van der Waals surface area contributed by atoms with Gasteiger partial charge in [-0.25, -0.2) is 13.2 Å². The summed E-state index contributed by atoms with van der Waals surface area (Å²) in [6.45, 7) is 2.19. The fourth-order valence-corrected chi connectivity index (χ4v) is 3.85. The molecule has 4 aromatic carbocycles. The SMILES string of the molecule is C[C@H](Cc1ccc(-c2ccc(-c3cc(F)c(C#N)c(F)c3)c(F)c2)cc1)c1ccccc1. The monoisotopic (exact) mass is 427 g/mol. The van der Waals surface area contributed by atoms with Crippen molar-refractivity contribution in [3.63, 3.8) is 0 Å². The predicted octanol–water partition coefficient (Wildman–Crippen LogP) is 7.66. The maximum Gasteiger partial charge on any atom is 0.144 e. The molecule has 4 rings (SSSR count). The number of nitrogens with zero attached hydrogens (tertiary/aromatic N) is 1. The molecule has 0 aromatic heterocycles. The topological polar surface area (TPSA) is 23.8 Å². The molecule has 0 saturated heterocycles. The molecule has 0 radical (unpaired) electrons. The van der Waals surface area contributed by atoms with Gasteiger partial charge < -0.3 is 0 Å². The predicted molar refractivity (Wildman–Crippen MR) is 120 cm³/mol. The first-order valence-corrected chi connectivity index (χ1v) is 10.3. The lowest BCUT2D eigenvalue weighted by molar-refractivity contribution is 0.577. The van der Waals surface area contributed by atoms with Gasteiger partial charge in [0.1, 0.15) is 29.1 Å². The third-order valence-electron chi connectivity index (χ3n) is 5.63. The first-order valence-electron chi connectivity index (χ1n) is 10.3. The van der Waals surface area contributed by atoms with E-state index in [1.807, 2.05) is 42.5 Å². The molecule has 0 aliphatic carbocycles. The average Bonchev–Trinajstić information content (AvgIpc) is 2.80. The Labute approximate surface area is 185 Å². The van der Waals surface area contributed by atoms with E-state index in [-0.39, 0.29) is 11.1 Å². The normalized spacial score (nSPS) is 11.7. The molecule has 0 amide bonds. The van der Waals surface area contributed by atoms with Crippen LogP contribution in [0.5, 0.6) is 0 Å². The standard InChI is InChI=1S/C28H20F3N/c1-18(20-5-3-2-4-6-20)13-19-7-9-21(10-8-19)22-11-12-24(26(29)14-22)23-15-27(30)25(17-32)28(31)16-23/h2-12,14-16,18H,13H2,1H3/t18-/m1/s1. The van der Waals surface area contributed by atoms with Gasteiger partial charge in [-0.2, -0.15) is 5.26 Å². The molecule has 0 bridgehead atoms. The minimum Gasteiger partial charge on any atom is -0.206 e. The van der Waals surface area contributed by atoms with Crippen LogP contribution >= 0.6 is 0 Å². The van der Waals surface area contributed by atoms with Gasteiger partial charge in [-0.15, -0.1) is 0 Å². The molecule has 0 saturated carbocycles. The van der Waals surface area contributed by atoms with E-state index in [0.717, 1.165) is 24.1 Å². The third kappa shape index (κ3) is 4.43. The van der Waals surface area contributed by atoms with Crippen molar-refractivity contribution in [2.24, 2.45) is 0 Å². The Balaban J connectivity index is 1.55. The van der Waals surface area contributed by atoms with Crippen molar-refractivity contribution in [1.82, 2.24) is 0 Å². The van der Waals surface area contributed by atoms with Crippen molar-refractivity contribution in [1.29, 1.82) is 5.26 Å². The summed E-state index contributed by atoms with van der Waals surface area (Å²) < 4.78 is 42.6. The number of halogens is 3. The summed E-state index contributed by atoms with van der Waals surface area (Å²) in [7, 11) is 0. The van der Waals surface area contributed by atoms with E-state index < -0.39 is 23.0 Å². The highest BCUT2D eigenvalue weighted by atomic mass is 19.1. The van der Waals surface area contributed by atoms with Gasteiger partial charge in [-0.1, -0.05) is 73.7 Å². The zero-order chi connectivity index (χ0) is 22.7.